The molecule has 0 saturated carbocycles. The average molecular weight is 258 g/mol. The molecule has 0 radical (unpaired) electrons. The highest BCUT2D eigenvalue weighted by molar-refractivity contribution is 7.80. The lowest BCUT2D eigenvalue weighted by molar-refractivity contribution is 0.414. The molecule has 0 fully saturated rings. The number of nitrogens with two attached hydrogens (primary N) is 1. The van der Waals surface area contributed by atoms with Crippen LogP contribution in [0, 0.1) is 5.92 Å². The minimum Gasteiger partial charge on any atom is -0.495 e. The summed E-state index contributed by atoms with van der Waals surface area (Å²) in [6.07, 6.45) is 1.68. The van der Waals surface area contributed by atoms with Gasteiger partial charge in [0.2, 0.25) is 0 Å². The number of hydrogen-bond donors (Lipinski definition) is 1. The Morgan fingerprint density at radius 1 is 1.56 bits per heavy atom. The van der Waals surface area contributed by atoms with Crippen LogP contribution in [0.4, 0.5) is 0 Å². The molecule has 2 N–H and O–H groups in total. The maximum absolute atomic E-state index is 6.04. The highest BCUT2D eigenvalue weighted by atomic mass is 35.5. The Bertz CT molecular complexity index is 381. The van der Waals surface area contributed by atoms with Crippen molar-refractivity contribution in [3.8, 4) is 5.75 Å². The maximum Gasteiger partial charge on any atom is 0.137 e. The minimum absolute atomic E-state index is 0.432. The molecule has 1 unspecified atom stereocenters. The zero-order valence-electron chi connectivity index (χ0n) is 9.50. The fraction of sp³-hybridized carbons (Fsp3) is 0.417. The molecule has 0 aliphatic rings. The predicted octanol–water partition coefficient (Wildman–Crippen LogP) is 3.20. The summed E-state index contributed by atoms with van der Waals surface area (Å²) in [6.45, 7) is 2.12. The highest BCUT2D eigenvalue weighted by Gasteiger charge is 2.07. The van der Waals surface area contributed by atoms with Gasteiger partial charge in [-0.2, -0.15) is 0 Å². The Labute approximate surface area is 107 Å². The molecular formula is C12H16ClNOS. The molecule has 1 rings (SSSR count). The van der Waals surface area contributed by atoms with Gasteiger partial charge in [0.15, 0.2) is 0 Å². The number of halogens is 1. The summed E-state index contributed by atoms with van der Waals surface area (Å²) < 4.78 is 5.10. The molecule has 1 aromatic carbocycles. The SMILES string of the molecule is COc1ccc(CC(C)CC(N)=S)cc1Cl. The first-order valence-corrected chi connectivity index (χ1v) is 5.92. The Morgan fingerprint density at radius 2 is 2.25 bits per heavy atom. The van der Waals surface area contributed by atoms with Gasteiger partial charge in [-0.25, -0.2) is 0 Å². The van der Waals surface area contributed by atoms with Gasteiger partial charge in [0, 0.05) is 6.42 Å². The maximum atomic E-state index is 6.04. The second-order valence-corrected chi connectivity index (χ2v) is 4.88. The van der Waals surface area contributed by atoms with E-state index in [1.54, 1.807) is 7.11 Å². The average Bonchev–Trinajstić information content (AvgIpc) is 2.16. The molecule has 0 aliphatic carbocycles. The Balaban J connectivity index is 2.67. The van der Waals surface area contributed by atoms with Gasteiger partial charge >= 0.3 is 0 Å². The van der Waals surface area contributed by atoms with Crippen molar-refractivity contribution in [2.24, 2.45) is 11.7 Å². The van der Waals surface area contributed by atoms with Crippen molar-refractivity contribution < 1.29 is 4.74 Å². The van der Waals surface area contributed by atoms with Crippen LogP contribution in [0.1, 0.15) is 18.9 Å². The third-order valence-electron chi connectivity index (χ3n) is 2.35. The minimum atomic E-state index is 0.432. The first-order chi connectivity index (χ1) is 7.52. The van der Waals surface area contributed by atoms with Crippen molar-refractivity contribution in [1.29, 1.82) is 0 Å². The smallest absolute Gasteiger partial charge is 0.137 e. The summed E-state index contributed by atoms with van der Waals surface area (Å²) in [4.78, 5) is 0.562. The van der Waals surface area contributed by atoms with E-state index in [1.165, 1.54) is 5.56 Å². The lowest BCUT2D eigenvalue weighted by Crippen LogP contribution is -2.13. The van der Waals surface area contributed by atoms with Crippen LogP contribution in [-0.4, -0.2) is 12.1 Å². The lowest BCUT2D eigenvalue weighted by atomic mass is 9.98. The Kier molecular flexibility index (Phi) is 5.03. The number of benzene rings is 1. The summed E-state index contributed by atoms with van der Waals surface area (Å²) >= 11 is 10.9. The van der Waals surface area contributed by atoms with Crippen molar-refractivity contribution in [2.45, 2.75) is 19.8 Å². The van der Waals surface area contributed by atoms with Gasteiger partial charge < -0.3 is 10.5 Å². The second-order valence-electron chi connectivity index (χ2n) is 3.95. The largest absolute Gasteiger partial charge is 0.495 e. The third-order valence-corrected chi connectivity index (χ3v) is 2.81. The standard InChI is InChI=1S/C12H16ClNOS/c1-8(6-12(14)16)5-9-3-4-11(15-2)10(13)7-9/h3-4,7-8H,5-6H2,1-2H3,(H2,14,16). The van der Waals surface area contributed by atoms with E-state index in [4.69, 9.17) is 34.3 Å². The summed E-state index contributed by atoms with van der Waals surface area (Å²) in [6, 6.07) is 5.82. The zero-order valence-corrected chi connectivity index (χ0v) is 11.1. The highest BCUT2D eigenvalue weighted by Crippen LogP contribution is 2.26. The van der Waals surface area contributed by atoms with E-state index in [0.29, 0.717) is 21.7 Å². The van der Waals surface area contributed by atoms with Gasteiger partial charge in [-0.3, -0.25) is 0 Å². The quantitative estimate of drug-likeness (QED) is 0.823. The summed E-state index contributed by atoms with van der Waals surface area (Å²) in [5.74, 6) is 1.13. The summed E-state index contributed by atoms with van der Waals surface area (Å²) in [5, 5.41) is 0.641. The summed E-state index contributed by atoms with van der Waals surface area (Å²) in [7, 11) is 1.61. The lowest BCUT2D eigenvalue weighted by Gasteiger charge is -2.11. The monoisotopic (exact) mass is 257 g/mol. The predicted molar refractivity (Wildman–Crippen MR) is 72.3 cm³/mol. The van der Waals surface area contributed by atoms with Gasteiger partial charge in [-0.05, 0) is 30.0 Å². The van der Waals surface area contributed by atoms with Crippen LogP contribution in [-0.2, 0) is 6.42 Å². The molecule has 0 amide bonds. The van der Waals surface area contributed by atoms with Crippen LogP contribution in [0.25, 0.3) is 0 Å². The number of ether oxygens (including phenoxy) is 1. The molecule has 0 spiro atoms. The van der Waals surface area contributed by atoms with E-state index in [9.17, 15) is 0 Å². The van der Waals surface area contributed by atoms with Crippen molar-refractivity contribution in [3.63, 3.8) is 0 Å². The molecule has 0 heterocycles. The van der Waals surface area contributed by atoms with Crippen LogP contribution < -0.4 is 10.5 Å². The molecular weight excluding hydrogens is 242 g/mol. The topological polar surface area (TPSA) is 35.2 Å². The van der Waals surface area contributed by atoms with E-state index in [1.807, 2.05) is 18.2 Å². The molecule has 2 nitrogen and oxygen atoms in total. The molecule has 1 atom stereocenters. The van der Waals surface area contributed by atoms with Crippen LogP contribution in [0.3, 0.4) is 0 Å². The van der Waals surface area contributed by atoms with E-state index in [2.05, 4.69) is 6.92 Å². The number of hydrogen-bond acceptors (Lipinski definition) is 2. The Hall–Kier alpha value is -0.800. The molecule has 16 heavy (non-hydrogen) atoms. The normalized spacial score (nSPS) is 12.2. The molecule has 4 heteroatoms. The van der Waals surface area contributed by atoms with E-state index < -0.39 is 0 Å². The fourth-order valence-electron chi connectivity index (χ4n) is 1.65. The molecule has 0 aromatic heterocycles. The first kappa shape index (κ1) is 13.3. The third kappa shape index (κ3) is 3.99. The first-order valence-electron chi connectivity index (χ1n) is 5.13. The van der Waals surface area contributed by atoms with Crippen LogP contribution >= 0.6 is 23.8 Å². The summed E-state index contributed by atoms with van der Waals surface area (Å²) in [5.41, 5.74) is 6.68. The molecule has 88 valence electrons. The Morgan fingerprint density at radius 3 is 2.75 bits per heavy atom. The van der Waals surface area contributed by atoms with Gasteiger partial charge in [-0.1, -0.05) is 36.8 Å². The van der Waals surface area contributed by atoms with Crippen molar-refractivity contribution >= 4 is 28.8 Å². The molecule has 0 bridgehead atoms. The van der Waals surface area contributed by atoms with Crippen LogP contribution in [0.5, 0.6) is 5.75 Å². The molecule has 1 aromatic rings. The van der Waals surface area contributed by atoms with Crippen molar-refractivity contribution in [3.05, 3.63) is 28.8 Å². The number of rotatable bonds is 5. The fourth-order valence-corrected chi connectivity index (χ4v) is 2.22. The number of thiocarbonyl (C=S) groups is 1. The van der Waals surface area contributed by atoms with E-state index >= 15 is 0 Å². The zero-order chi connectivity index (χ0) is 12.1. The van der Waals surface area contributed by atoms with Crippen LogP contribution in [0.2, 0.25) is 5.02 Å². The van der Waals surface area contributed by atoms with Crippen molar-refractivity contribution in [1.82, 2.24) is 0 Å². The van der Waals surface area contributed by atoms with Gasteiger partial charge in [-0.15, -0.1) is 0 Å². The van der Waals surface area contributed by atoms with Gasteiger partial charge in [0.05, 0.1) is 17.1 Å². The van der Waals surface area contributed by atoms with Gasteiger partial charge in [0.25, 0.3) is 0 Å². The molecule has 0 aliphatic heterocycles. The van der Waals surface area contributed by atoms with E-state index in [-0.39, 0.29) is 0 Å². The van der Waals surface area contributed by atoms with Crippen LogP contribution in [0.15, 0.2) is 18.2 Å². The number of methoxy groups -OCH3 is 1. The molecule has 0 saturated heterocycles. The van der Waals surface area contributed by atoms with Gasteiger partial charge in [0.1, 0.15) is 5.75 Å². The van der Waals surface area contributed by atoms with Crippen molar-refractivity contribution in [2.75, 3.05) is 7.11 Å². The second kappa shape index (κ2) is 6.06. The van der Waals surface area contributed by atoms with E-state index in [0.717, 1.165) is 12.8 Å².